The third-order valence-corrected chi connectivity index (χ3v) is 4.56. The smallest absolute Gasteiger partial charge is 0.314 e. The summed E-state index contributed by atoms with van der Waals surface area (Å²) >= 11 is 0. The van der Waals surface area contributed by atoms with Gasteiger partial charge in [0.25, 0.3) is 0 Å². The Bertz CT molecular complexity index is 699. The summed E-state index contributed by atoms with van der Waals surface area (Å²) in [5, 5.41) is 14.9. The van der Waals surface area contributed by atoms with Crippen LogP contribution in [0.15, 0.2) is 24.8 Å². The first-order valence-electron chi connectivity index (χ1n) is 7.97. The molecule has 1 aliphatic rings. The molecule has 1 fully saturated rings. The van der Waals surface area contributed by atoms with Gasteiger partial charge in [-0.3, -0.25) is 10.1 Å². The third-order valence-electron chi connectivity index (χ3n) is 4.56. The minimum Gasteiger partial charge on any atom is -0.367 e. The number of aryl methyl sites for hydroxylation is 1. The molecule has 1 N–H and O–H groups in total. The Morgan fingerprint density at radius 1 is 1.39 bits per heavy atom. The molecule has 0 aliphatic heterocycles. The SMILES string of the molecule is Cc1nc(NC2CCCCC2C)cc(-n2ccnc2)c1[N+](=O)[O-]. The molecule has 3 rings (SSSR count). The maximum atomic E-state index is 11.4. The number of hydrogen-bond acceptors (Lipinski definition) is 5. The van der Waals surface area contributed by atoms with Gasteiger partial charge in [0.15, 0.2) is 0 Å². The maximum absolute atomic E-state index is 11.4. The number of aromatic nitrogens is 3. The predicted molar refractivity (Wildman–Crippen MR) is 87.8 cm³/mol. The minimum atomic E-state index is -0.384. The van der Waals surface area contributed by atoms with Crippen molar-refractivity contribution in [3.05, 3.63) is 40.6 Å². The average Bonchev–Trinajstić information content (AvgIpc) is 3.03. The largest absolute Gasteiger partial charge is 0.367 e. The molecule has 2 atom stereocenters. The van der Waals surface area contributed by atoms with Crippen molar-refractivity contribution in [2.45, 2.75) is 45.6 Å². The van der Waals surface area contributed by atoms with Crippen molar-refractivity contribution in [2.75, 3.05) is 5.32 Å². The normalized spacial score (nSPS) is 21.1. The van der Waals surface area contributed by atoms with Crippen LogP contribution in [0, 0.1) is 23.0 Å². The molecule has 7 nitrogen and oxygen atoms in total. The van der Waals surface area contributed by atoms with Crippen LogP contribution in [-0.2, 0) is 0 Å². The number of imidazole rings is 1. The highest BCUT2D eigenvalue weighted by Crippen LogP contribution is 2.31. The second kappa shape index (κ2) is 6.36. The van der Waals surface area contributed by atoms with E-state index in [0.717, 1.165) is 6.42 Å². The summed E-state index contributed by atoms with van der Waals surface area (Å²) in [6, 6.07) is 2.11. The summed E-state index contributed by atoms with van der Waals surface area (Å²) in [7, 11) is 0. The van der Waals surface area contributed by atoms with Crippen molar-refractivity contribution in [3.8, 4) is 5.69 Å². The summed E-state index contributed by atoms with van der Waals surface area (Å²) in [5.41, 5.74) is 0.920. The molecular weight excluding hydrogens is 294 g/mol. The molecule has 2 aromatic rings. The first-order valence-corrected chi connectivity index (χ1v) is 7.97. The molecule has 0 bridgehead atoms. The molecule has 0 saturated heterocycles. The van der Waals surface area contributed by atoms with E-state index in [1.165, 1.54) is 19.3 Å². The highest BCUT2D eigenvalue weighted by Gasteiger charge is 2.25. The molecule has 1 saturated carbocycles. The van der Waals surface area contributed by atoms with Gasteiger partial charge in [-0.2, -0.15) is 0 Å². The van der Waals surface area contributed by atoms with Gasteiger partial charge in [-0.05, 0) is 25.7 Å². The lowest BCUT2D eigenvalue weighted by Gasteiger charge is -2.30. The Morgan fingerprint density at radius 3 is 2.83 bits per heavy atom. The molecule has 122 valence electrons. The number of nitro groups is 1. The first kappa shape index (κ1) is 15.5. The number of nitrogens with zero attached hydrogens (tertiary/aromatic N) is 4. The van der Waals surface area contributed by atoms with Gasteiger partial charge >= 0.3 is 5.69 Å². The molecule has 2 aromatic heterocycles. The van der Waals surface area contributed by atoms with Crippen LogP contribution in [0.1, 0.15) is 38.3 Å². The van der Waals surface area contributed by atoms with Crippen molar-refractivity contribution in [3.63, 3.8) is 0 Å². The summed E-state index contributed by atoms with van der Waals surface area (Å²) in [5.74, 6) is 1.27. The third kappa shape index (κ3) is 3.18. The molecular formula is C16H21N5O2. The maximum Gasteiger partial charge on any atom is 0.314 e. The van der Waals surface area contributed by atoms with Crippen LogP contribution in [0.4, 0.5) is 11.5 Å². The minimum absolute atomic E-state index is 0.0187. The van der Waals surface area contributed by atoms with E-state index in [2.05, 4.69) is 22.2 Å². The van der Waals surface area contributed by atoms with Gasteiger partial charge in [0.05, 0.1) is 11.3 Å². The molecule has 2 heterocycles. The summed E-state index contributed by atoms with van der Waals surface area (Å²) < 4.78 is 1.66. The highest BCUT2D eigenvalue weighted by atomic mass is 16.6. The summed E-state index contributed by atoms with van der Waals surface area (Å²) in [6.45, 7) is 3.92. The number of hydrogen-bond donors (Lipinski definition) is 1. The molecule has 0 spiro atoms. The fraction of sp³-hybridized carbons (Fsp3) is 0.500. The fourth-order valence-corrected chi connectivity index (χ4v) is 3.27. The standard InChI is InChI=1S/C16H21N5O2/c1-11-5-3-4-6-13(11)19-15-9-14(20-8-7-17-10-20)16(21(22)23)12(2)18-15/h7-11,13H,3-6H2,1-2H3,(H,18,19). The summed E-state index contributed by atoms with van der Waals surface area (Å²) in [6.07, 6.45) is 9.67. The molecule has 2 unspecified atom stereocenters. The first-order chi connectivity index (χ1) is 11.1. The van der Waals surface area contributed by atoms with Gasteiger partial charge < -0.3 is 9.88 Å². The predicted octanol–water partition coefficient (Wildman–Crippen LogP) is 3.47. The van der Waals surface area contributed by atoms with Crippen LogP contribution in [-0.4, -0.2) is 25.5 Å². The Hall–Kier alpha value is -2.44. The van der Waals surface area contributed by atoms with Crippen molar-refractivity contribution < 1.29 is 4.92 Å². The van der Waals surface area contributed by atoms with E-state index in [9.17, 15) is 10.1 Å². The van der Waals surface area contributed by atoms with Crippen LogP contribution < -0.4 is 5.32 Å². The molecule has 23 heavy (non-hydrogen) atoms. The van der Waals surface area contributed by atoms with E-state index in [0.29, 0.717) is 29.2 Å². The fourth-order valence-electron chi connectivity index (χ4n) is 3.27. The van der Waals surface area contributed by atoms with Crippen LogP contribution >= 0.6 is 0 Å². The zero-order valence-electron chi connectivity index (χ0n) is 13.4. The second-order valence-corrected chi connectivity index (χ2v) is 6.20. The van der Waals surface area contributed by atoms with E-state index >= 15 is 0 Å². The van der Waals surface area contributed by atoms with Crippen LogP contribution in [0.3, 0.4) is 0 Å². The lowest BCUT2D eigenvalue weighted by Crippen LogP contribution is -2.30. The van der Waals surface area contributed by atoms with Crippen molar-refractivity contribution in [2.24, 2.45) is 5.92 Å². The zero-order valence-corrected chi connectivity index (χ0v) is 13.4. The van der Waals surface area contributed by atoms with Crippen molar-refractivity contribution >= 4 is 11.5 Å². The molecule has 7 heteroatoms. The van der Waals surface area contributed by atoms with Crippen molar-refractivity contribution in [1.82, 2.24) is 14.5 Å². The van der Waals surface area contributed by atoms with Crippen molar-refractivity contribution in [1.29, 1.82) is 0 Å². The van der Waals surface area contributed by atoms with Gasteiger partial charge in [-0.15, -0.1) is 0 Å². The topological polar surface area (TPSA) is 85.9 Å². The Labute approximate surface area is 134 Å². The van der Waals surface area contributed by atoms with E-state index in [1.807, 2.05) is 0 Å². The highest BCUT2D eigenvalue weighted by molar-refractivity contribution is 5.61. The Morgan fingerprint density at radius 2 is 2.17 bits per heavy atom. The monoisotopic (exact) mass is 315 g/mol. The summed E-state index contributed by atoms with van der Waals surface area (Å²) in [4.78, 5) is 19.4. The van der Waals surface area contributed by atoms with Crippen LogP contribution in [0.5, 0.6) is 0 Å². The molecule has 0 amide bonds. The van der Waals surface area contributed by atoms with Gasteiger partial charge in [-0.1, -0.05) is 19.8 Å². The van der Waals surface area contributed by atoms with E-state index < -0.39 is 0 Å². The quantitative estimate of drug-likeness (QED) is 0.689. The number of rotatable bonds is 4. The average molecular weight is 315 g/mol. The van der Waals surface area contributed by atoms with Gasteiger partial charge in [-0.25, -0.2) is 9.97 Å². The Kier molecular flexibility index (Phi) is 4.27. The van der Waals surface area contributed by atoms with Crippen LogP contribution in [0.2, 0.25) is 0 Å². The molecule has 0 aromatic carbocycles. The van der Waals surface area contributed by atoms with Gasteiger partial charge in [0, 0.05) is 24.5 Å². The van der Waals surface area contributed by atoms with Gasteiger partial charge in [0.1, 0.15) is 17.2 Å². The number of anilines is 1. The van der Waals surface area contributed by atoms with Crippen LogP contribution in [0.25, 0.3) is 5.69 Å². The lowest BCUT2D eigenvalue weighted by molar-refractivity contribution is -0.385. The van der Waals surface area contributed by atoms with Gasteiger partial charge in [0.2, 0.25) is 0 Å². The van der Waals surface area contributed by atoms with E-state index in [-0.39, 0.29) is 10.6 Å². The number of nitrogens with one attached hydrogen (secondary N) is 1. The lowest BCUT2D eigenvalue weighted by atomic mass is 9.86. The Balaban J connectivity index is 1.97. The van der Waals surface area contributed by atoms with E-state index in [1.54, 1.807) is 36.3 Å². The molecule has 1 aliphatic carbocycles. The number of pyridine rings is 1. The second-order valence-electron chi connectivity index (χ2n) is 6.20. The van der Waals surface area contributed by atoms with E-state index in [4.69, 9.17) is 0 Å². The zero-order chi connectivity index (χ0) is 16.4. The molecule has 0 radical (unpaired) electrons.